The Bertz CT molecular complexity index is 4030. The van der Waals surface area contributed by atoms with Gasteiger partial charge in [-0.3, -0.25) is 27.7 Å². The third kappa shape index (κ3) is 13.5. The number of hydrogen-bond acceptors (Lipinski definition) is 23. The normalized spacial score (nSPS) is 13.1. The van der Waals surface area contributed by atoms with Gasteiger partial charge in [0.1, 0.15) is 32.6 Å². The number of sulfone groups is 1. The van der Waals surface area contributed by atoms with Gasteiger partial charge in [0.15, 0.2) is 27.0 Å². The summed E-state index contributed by atoms with van der Waals surface area (Å²) in [4.78, 5) is 7.83. The van der Waals surface area contributed by atoms with Crippen molar-refractivity contribution in [2.24, 2.45) is 30.7 Å². The van der Waals surface area contributed by atoms with Crippen molar-refractivity contribution in [1.29, 1.82) is 0 Å². The van der Waals surface area contributed by atoms with Crippen LogP contribution in [0, 0.1) is 0 Å². The van der Waals surface area contributed by atoms with E-state index in [1.54, 1.807) is 0 Å². The molecule has 29 nitrogen and oxygen atoms in total. The highest BCUT2D eigenvalue weighted by atomic mass is 32.3. The van der Waals surface area contributed by atoms with Gasteiger partial charge in [-0.15, -0.1) is 20.5 Å². The van der Waals surface area contributed by atoms with Crippen molar-refractivity contribution in [3.8, 4) is 17.2 Å². The van der Waals surface area contributed by atoms with Crippen LogP contribution < -0.4 is 10.0 Å². The number of nitrogens with one attached hydrogen (secondary N) is 2. The van der Waals surface area contributed by atoms with E-state index in [0.717, 1.165) is 67.6 Å². The zero-order chi connectivity index (χ0) is 54.1. The number of sulfonamides is 1. The summed E-state index contributed by atoms with van der Waals surface area (Å²) in [6.07, 6.45) is 0. The number of fused-ring (bicyclic) bond motifs is 1. The molecular formula is C38H32N8O21S6. The zero-order valence-electron chi connectivity index (χ0n) is 36.1. The topological polar surface area (TPSA) is 471 Å². The van der Waals surface area contributed by atoms with Crippen molar-refractivity contribution in [2.45, 2.75) is 31.4 Å². The molecule has 0 atom stereocenters. The summed E-state index contributed by atoms with van der Waals surface area (Å²) < 4.78 is 190. The number of hydrogen-bond donors (Lipinski definition) is 9. The fraction of sp³-hybridized carbons (Fsp3) is 0.0789. The molecule has 0 unspecified atom stereocenters. The smallest absolute Gasteiger partial charge is 0.397 e. The first-order chi connectivity index (χ1) is 33.7. The Labute approximate surface area is 412 Å². The lowest BCUT2D eigenvalue weighted by molar-refractivity contribution is -0.114. The third-order valence-corrected chi connectivity index (χ3v) is 15.5. The molecular weight excluding hydrogens is 1100 g/mol. The van der Waals surface area contributed by atoms with Gasteiger partial charge in [0.25, 0.3) is 40.4 Å². The van der Waals surface area contributed by atoms with Crippen LogP contribution in [0.5, 0.6) is 17.2 Å². The van der Waals surface area contributed by atoms with E-state index in [0.29, 0.717) is 12.1 Å². The van der Waals surface area contributed by atoms with Gasteiger partial charge in [-0.1, -0.05) is 0 Å². The Morgan fingerprint density at radius 2 is 1.10 bits per heavy atom. The van der Waals surface area contributed by atoms with Gasteiger partial charge in [0.05, 0.1) is 44.1 Å². The minimum atomic E-state index is -5.23. The van der Waals surface area contributed by atoms with Gasteiger partial charge in [0, 0.05) is 18.0 Å². The summed E-state index contributed by atoms with van der Waals surface area (Å²) in [5.74, 6) is -4.40. The number of phenolic OH excluding ortho intramolecular Hbond substituents is 3. The van der Waals surface area contributed by atoms with Crippen molar-refractivity contribution >= 4 is 123 Å². The van der Waals surface area contributed by atoms with Crippen molar-refractivity contribution < 1.29 is 93.0 Å². The summed E-state index contributed by atoms with van der Waals surface area (Å²) in [6.45, 7) is -0.0213. The Kier molecular flexibility index (Phi) is 15.5. The first-order valence-corrected chi connectivity index (χ1v) is 28.1. The van der Waals surface area contributed by atoms with Crippen LogP contribution in [0.2, 0.25) is 0 Å². The number of nitrogens with zero attached hydrogens (tertiary/aromatic N) is 6. The first kappa shape index (κ1) is 54.9. The molecule has 9 N–H and O–H groups in total. The number of anilines is 2. The van der Waals surface area contributed by atoms with E-state index in [1.807, 2.05) is 0 Å². The molecule has 0 aromatic heterocycles. The van der Waals surface area contributed by atoms with Crippen LogP contribution in [0.4, 0.5) is 45.5 Å². The van der Waals surface area contributed by atoms with Gasteiger partial charge in [-0.2, -0.15) is 43.9 Å². The molecule has 386 valence electrons. The van der Waals surface area contributed by atoms with E-state index in [2.05, 4.69) is 44.9 Å². The fourth-order valence-corrected chi connectivity index (χ4v) is 10.6. The van der Waals surface area contributed by atoms with E-state index in [-0.39, 0.29) is 38.4 Å². The average molecular weight is 1130 g/mol. The SMILES string of the molecule is CC(=O)Nc1cc(S(=O)(=O)O)cc2cc(S(=O)(=O)O)c(/N=N/c3ccc(S(=O)(=O)Nc4ccc(/N=N/c5ccc(O)c(/N=N/c6ccc(S(=O)(=O)CCOS(=O)(=O)O)cc6S(=O)(=O)O)c5O)cc4)cc3)c(O)c12. The average Bonchev–Trinajstić information content (AvgIpc) is 3.27. The molecule has 1 amide bonds. The minimum absolute atomic E-state index is 0.00539. The molecule has 0 saturated carbocycles. The van der Waals surface area contributed by atoms with Crippen molar-refractivity contribution in [2.75, 3.05) is 22.4 Å². The van der Waals surface area contributed by atoms with Crippen LogP contribution in [-0.4, -0.2) is 102 Å². The van der Waals surface area contributed by atoms with E-state index in [1.165, 1.54) is 24.3 Å². The number of amides is 1. The molecule has 0 radical (unpaired) electrons. The molecule has 0 saturated heterocycles. The number of phenols is 3. The van der Waals surface area contributed by atoms with Crippen LogP contribution >= 0.6 is 0 Å². The van der Waals surface area contributed by atoms with Crippen LogP contribution in [-0.2, 0) is 69.6 Å². The first-order valence-electron chi connectivity index (χ1n) is 19.3. The predicted octanol–water partition coefficient (Wildman–Crippen LogP) is 6.30. The second-order valence-electron chi connectivity index (χ2n) is 14.5. The fourth-order valence-electron chi connectivity index (χ4n) is 6.10. The predicted molar refractivity (Wildman–Crippen MR) is 251 cm³/mol. The monoisotopic (exact) mass is 1130 g/mol. The van der Waals surface area contributed by atoms with E-state index >= 15 is 0 Å². The molecule has 0 aliphatic heterocycles. The maximum Gasteiger partial charge on any atom is 0.397 e. The van der Waals surface area contributed by atoms with Crippen molar-refractivity contribution in [3.63, 3.8) is 0 Å². The molecule has 0 aliphatic carbocycles. The summed E-state index contributed by atoms with van der Waals surface area (Å²) in [5, 5.41) is 56.4. The van der Waals surface area contributed by atoms with E-state index in [9.17, 15) is 84.3 Å². The Morgan fingerprint density at radius 1 is 0.548 bits per heavy atom. The maximum absolute atomic E-state index is 13.3. The highest BCUT2D eigenvalue weighted by molar-refractivity contribution is 7.92. The third-order valence-electron chi connectivity index (χ3n) is 9.33. The van der Waals surface area contributed by atoms with Gasteiger partial charge in [-0.25, -0.2) is 21.0 Å². The molecule has 6 aromatic rings. The number of benzene rings is 6. The molecule has 0 bridgehead atoms. The lowest BCUT2D eigenvalue weighted by atomic mass is 10.1. The molecule has 0 fully saturated rings. The Balaban J connectivity index is 1.18. The van der Waals surface area contributed by atoms with E-state index in [4.69, 9.17) is 4.55 Å². The summed E-state index contributed by atoms with van der Waals surface area (Å²) >= 11 is 0. The Hall–Kier alpha value is -7.45. The number of carbonyl (C=O) groups is 1. The van der Waals surface area contributed by atoms with E-state index < -0.39 is 138 Å². The van der Waals surface area contributed by atoms with Crippen LogP contribution in [0.3, 0.4) is 0 Å². The highest BCUT2D eigenvalue weighted by Gasteiger charge is 2.27. The number of aromatic hydroxyl groups is 3. The lowest BCUT2D eigenvalue weighted by Crippen LogP contribution is -2.16. The Morgan fingerprint density at radius 3 is 1.67 bits per heavy atom. The van der Waals surface area contributed by atoms with Crippen LogP contribution in [0.25, 0.3) is 10.8 Å². The van der Waals surface area contributed by atoms with Crippen LogP contribution in [0.1, 0.15) is 6.92 Å². The molecule has 0 spiro atoms. The van der Waals surface area contributed by atoms with Gasteiger partial charge in [-0.05, 0) is 102 Å². The minimum Gasteiger partial charge on any atom is -0.505 e. The van der Waals surface area contributed by atoms with Crippen LogP contribution in [0.15, 0.2) is 152 Å². The van der Waals surface area contributed by atoms with Gasteiger partial charge >= 0.3 is 10.4 Å². The highest BCUT2D eigenvalue weighted by Crippen LogP contribution is 2.46. The number of azo groups is 3. The van der Waals surface area contributed by atoms with Gasteiger partial charge in [0.2, 0.25) is 5.91 Å². The standard InChI is InChI=1S/C38H32N8O21S6/c1-20(47)39-30-18-27(70(55,56)57)16-21-17-33(72(61,62)63)36(38(50)34(21)30)45-41-23-6-8-25(9-7-23)69(53,54)46-24-4-2-22(3-5-24)40-43-29-12-13-31(48)35(37(29)49)44-42-28-11-10-26(19-32(28)71(58,59)60)68(51,52)15-14-67-73(64,65)66/h2-13,16-19,46,48-50H,14-15H2,1H3,(H,39,47)(H,55,56,57)(H,58,59,60)(H,61,62,63)(H,64,65,66)/b43-40+,44-42+,45-41+. The molecule has 0 heterocycles. The molecule has 6 aromatic carbocycles. The maximum atomic E-state index is 13.3. The summed E-state index contributed by atoms with van der Waals surface area (Å²) in [6, 6.07) is 15.9. The molecule has 35 heteroatoms. The second-order valence-corrected chi connectivity index (χ2v) is 23.6. The summed E-state index contributed by atoms with van der Waals surface area (Å²) in [7, 11) is -29.2. The quantitative estimate of drug-likeness (QED) is 0.0337. The number of rotatable bonds is 18. The second kappa shape index (κ2) is 20.6. The lowest BCUT2D eigenvalue weighted by Gasteiger charge is -2.14. The number of carbonyl (C=O) groups excluding carboxylic acids is 1. The molecule has 0 aliphatic rings. The zero-order valence-corrected chi connectivity index (χ0v) is 41.0. The molecule has 73 heavy (non-hydrogen) atoms. The van der Waals surface area contributed by atoms with Crippen molar-refractivity contribution in [3.05, 3.63) is 97.1 Å². The summed E-state index contributed by atoms with van der Waals surface area (Å²) in [5.41, 5.74) is -3.04. The van der Waals surface area contributed by atoms with Gasteiger partial charge < -0.3 is 20.6 Å². The molecule has 6 rings (SSSR count). The largest absolute Gasteiger partial charge is 0.505 e. The van der Waals surface area contributed by atoms with Crippen molar-refractivity contribution in [1.82, 2.24) is 0 Å².